The molecule has 0 bridgehead atoms. The summed E-state index contributed by atoms with van der Waals surface area (Å²) in [6.45, 7) is 1.85. The van der Waals surface area contributed by atoms with Gasteiger partial charge in [0, 0.05) is 12.2 Å². The Morgan fingerprint density at radius 1 is 1.62 bits per heavy atom. The normalized spacial score (nSPS) is 14.6. The highest BCUT2D eigenvalue weighted by molar-refractivity contribution is 7.45. The van der Waals surface area contributed by atoms with Gasteiger partial charge in [0.15, 0.2) is 8.38 Å². The molecule has 0 fully saturated rings. The summed E-state index contributed by atoms with van der Waals surface area (Å²) in [4.78, 5) is 16.7. The predicted octanol–water partition coefficient (Wildman–Crippen LogP) is 0.0202. The second-order valence-corrected chi connectivity index (χ2v) is 3.05. The number of hydrogen-bond acceptors (Lipinski definition) is 3. The maximum absolute atomic E-state index is 8.37. The maximum Gasteiger partial charge on any atom is 0.164 e. The summed E-state index contributed by atoms with van der Waals surface area (Å²) < 4.78 is 0. The fourth-order valence-corrected chi connectivity index (χ4v) is 0.957. The first-order valence-corrected chi connectivity index (χ1v) is 3.97. The van der Waals surface area contributed by atoms with Gasteiger partial charge < -0.3 is 15.5 Å². The first-order valence-electron chi connectivity index (χ1n) is 2.54. The highest BCUT2D eigenvalue weighted by atomic mass is 31.2. The molecule has 0 aromatic heterocycles. The zero-order valence-corrected chi connectivity index (χ0v) is 5.80. The predicted molar refractivity (Wildman–Crippen MR) is 34.5 cm³/mol. The zero-order valence-electron chi connectivity index (χ0n) is 4.91. The Kier molecular flexibility index (Phi) is 4.38. The van der Waals surface area contributed by atoms with Crippen LogP contribution in [-0.4, -0.2) is 22.0 Å². The zero-order chi connectivity index (χ0) is 6.57. The second kappa shape index (κ2) is 4.21. The quantitative estimate of drug-likeness (QED) is 0.480. The topological polar surface area (TPSA) is 66.5 Å². The van der Waals surface area contributed by atoms with Crippen molar-refractivity contribution in [3.63, 3.8) is 0 Å². The van der Waals surface area contributed by atoms with Crippen molar-refractivity contribution in [3.8, 4) is 0 Å². The van der Waals surface area contributed by atoms with Crippen LogP contribution in [0.4, 0.5) is 0 Å². The molecule has 0 saturated carbocycles. The van der Waals surface area contributed by atoms with Crippen LogP contribution in [0.3, 0.4) is 0 Å². The van der Waals surface area contributed by atoms with Gasteiger partial charge >= 0.3 is 0 Å². The highest BCUT2D eigenvalue weighted by Crippen LogP contribution is 2.23. The molecule has 8 heavy (non-hydrogen) atoms. The molecule has 3 nitrogen and oxygen atoms in total. The van der Waals surface area contributed by atoms with Crippen LogP contribution in [0.25, 0.3) is 0 Å². The van der Waals surface area contributed by atoms with Crippen LogP contribution in [0.5, 0.6) is 0 Å². The van der Waals surface area contributed by atoms with E-state index in [4.69, 9.17) is 15.5 Å². The van der Waals surface area contributed by atoms with Crippen LogP contribution in [0, 0.1) is 0 Å². The van der Waals surface area contributed by atoms with Gasteiger partial charge in [0.2, 0.25) is 0 Å². The molecule has 0 amide bonds. The van der Waals surface area contributed by atoms with Gasteiger partial charge in [0.1, 0.15) is 0 Å². The van der Waals surface area contributed by atoms with Crippen molar-refractivity contribution in [2.45, 2.75) is 19.4 Å². The van der Waals surface area contributed by atoms with E-state index in [9.17, 15) is 0 Å². The average molecular weight is 137 g/mol. The van der Waals surface area contributed by atoms with E-state index < -0.39 is 8.38 Å². The summed E-state index contributed by atoms with van der Waals surface area (Å²) in [6, 6.07) is 0.0827. The summed E-state index contributed by atoms with van der Waals surface area (Å²) in [5.74, 6) is 0. The Morgan fingerprint density at radius 3 is 2.25 bits per heavy atom. The molecule has 0 aliphatic rings. The molecule has 4 heteroatoms. The lowest BCUT2D eigenvalue weighted by Gasteiger charge is -2.03. The molecule has 0 aliphatic carbocycles. The minimum absolute atomic E-state index is 0.0827. The molecular formula is C4H12NO2P. The third kappa shape index (κ3) is 6.31. The minimum Gasteiger partial charge on any atom is -0.350 e. The van der Waals surface area contributed by atoms with Crippen molar-refractivity contribution < 1.29 is 9.79 Å². The van der Waals surface area contributed by atoms with E-state index in [0.29, 0.717) is 12.6 Å². The fourth-order valence-electron chi connectivity index (χ4n) is 0.319. The Hall–Kier alpha value is 0.310. The van der Waals surface area contributed by atoms with Gasteiger partial charge in [-0.3, -0.25) is 0 Å². The molecule has 0 spiro atoms. The van der Waals surface area contributed by atoms with Crippen molar-refractivity contribution >= 4 is 8.38 Å². The van der Waals surface area contributed by atoms with E-state index in [0.717, 1.165) is 0 Å². The standard InChI is InChI=1S/C4H12NO2P/c1-4(5)2-3-8(6)7/h4,6-7H,2-3,5H2,1H3. The smallest absolute Gasteiger partial charge is 0.164 e. The van der Waals surface area contributed by atoms with E-state index >= 15 is 0 Å². The summed E-state index contributed by atoms with van der Waals surface area (Å²) in [5.41, 5.74) is 5.33. The number of nitrogens with two attached hydrogens (primary N) is 1. The number of rotatable bonds is 3. The van der Waals surface area contributed by atoms with Crippen LogP contribution in [-0.2, 0) is 0 Å². The van der Waals surface area contributed by atoms with E-state index in [1.54, 1.807) is 0 Å². The fraction of sp³-hybridized carbons (Fsp3) is 1.00. The summed E-state index contributed by atoms with van der Waals surface area (Å²) in [7, 11) is -1.71. The Balaban J connectivity index is 2.93. The van der Waals surface area contributed by atoms with Crippen molar-refractivity contribution in [1.82, 2.24) is 0 Å². The lowest BCUT2D eigenvalue weighted by atomic mass is 10.3. The minimum atomic E-state index is -1.71. The molecule has 0 heterocycles. The molecule has 0 aromatic rings. The molecule has 0 saturated heterocycles. The monoisotopic (exact) mass is 137 g/mol. The maximum atomic E-state index is 8.37. The molecule has 0 aromatic carbocycles. The molecule has 50 valence electrons. The SMILES string of the molecule is CC(N)CCP(O)O. The van der Waals surface area contributed by atoms with Crippen molar-refractivity contribution in [3.05, 3.63) is 0 Å². The second-order valence-electron chi connectivity index (χ2n) is 1.86. The van der Waals surface area contributed by atoms with Gasteiger partial charge in [0.25, 0.3) is 0 Å². The molecule has 1 unspecified atom stereocenters. The van der Waals surface area contributed by atoms with Crippen molar-refractivity contribution in [2.24, 2.45) is 5.73 Å². The van der Waals surface area contributed by atoms with E-state index in [1.807, 2.05) is 6.92 Å². The molecule has 0 aliphatic heterocycles. The molecule has 1 atom stereocenters. The van der Waals surface area contributed by atoms with E-state index in [1.165, 1.54) is 0 Å². The van der Waals surface area contributed by atoms with E-state index in [-0.39, 0.29) is 6.04 Å². The Labute approximate surface area is 50.4 Å². The van der Waals surface area contributed by atoms with Crippen LogP contribution < -0.4 is 5.73 Å². The van der Waals surface area contributed by atoms with Crippen LogP contribution >= 0.6 is 8.38 Å². The van der Waals surface area contributed by atoms with Crippen molar-refractivity contribution in [2.75, 3.05) is 6.16 Å². The molecule has 4 N–H and O–H groups in total. The first kappa shape index (κ1) is 8.31. The van der Waals surface area contributed by atoms with Gasteiger partial charge in [-0.15, -0.1) is 0 Å². The summed E-state index contributed by atoms with van der Waals surface area (Å²) in [5, 5.41) is 0. The highest BCUT2D eigenvalue weighted by Gasteiger charge is 1.99. The molecular weight excluding hydrogens is 125 g/mol. The molecule has 0 rings (SSSR count). The lowest BCUT2D eigenvalue weighted by molar-refractivity contribution is 0.477. The largest absolute Gasteiger partial charge is 0.350 e. The Morgan fingerprint density at radius 2 is 2.12 bits per heavy atom. The lowest BCUT2D eigenvalue weighted by Crippen LogP contribution is -2.15. The van der Waals surface area contributed by atoms with Gasteiger partial charge in [-0.25, -0.2) is 0 Å². The Bertz CT molecular complexity index is 50.0. The summed E-state index contributed by atoms with van der Waals surface area (Å²) >= 11 is 0. The van der Waals surface area contributed by atoms with Gasteiger partial charge in [-0.1, -0.05) is 0 Å². The van der Waals surface area contributed by atoms with Gasteiger partial charge in [0.05, 0.1) is 0 Å². The van der Waals surface area contributed by atoms with E-state index in [2.05, 4.69) is 0 Å². The van der Waals surface area contributed by atoms with Gasteiger partial charge in [-0.2, -0.15) is 0 Å². The van der Waals surface area contributed by atoms with Gasteiger partial charge in [-0.05, 0) is 13.3 Å². The first-order chi connectivity index (χ1) is 3.63. The third-order valence-electron chi connectivity index (χ3n) is 0.784. The molecule has 0 radical (unpaired) electrons. The van der Waals surface area contributed by atoms with Crippen LogP contribution in [0.1, 0.15) is 13.3 Å². The third-order valence-corrected chi connectivity index (χ3v) is 1.44. The average Bonchev–Trinajstić information content (AvgIpc) is 1.61. The number of hydrogen-bond donors (Lipinski definition) is 3. The van der Waals surface area contributed by atoms with Crippen molar-refractivity contribution in [1.29, 1.82) is 0 Å². The summed E-state index contributed by atoms with van der Waals surface area (Å²) in [6.07, 6.45) is 1.13. The van der Waals surface area contributed by atoms with Crippen LogP contribution in [0.15, 0.2) is 0 Å². The van der Waals surface area contributed by atoms with Crippen LogP contribution in [0.2, 0.25) is 0 Å².